The predicted octanol–water partition coefficient (Wildman–Crippen LogP) is 4.69. The van der Waals surface area contributed by atoms with E-state index < -0.39 is 0 Å². The van der Waals surface area contributed by atoms with Gasteiger partial charge in [-0.2, -0.15) is 5.26 Å². The Morgan fingerprint density at radius 3 is 2.70 bits per heavy atom. The first-order valence-corrected chi connectivity index (χ1v) is 8.40. The highest BCUT2D eigenvalue weighted by Gasteiger charge is 2.35. The molecule has 1 saturated heterocycles. The van der Waals surface area contributed by atoms with Gasteiger partial charge < -0.3 is 4.90 Å². The van der Waals surface area contributed by atoms with Gasteiger partial charge in [0.2, 0.25) is 0 Å². The molecule has 0 bridgehead atoms. The molecule has 1 aliphatic rings. The summed E-state index contributed by atoms with van der Waals surface area (Å²) in [6, 6.07) is 13.0. The third kappa shape index (κ3) is 3.04. The van der Waals surface area contributed by atoms with E-state index in [2.05, 4.69) is 54.1 Å². The molecule has 0 amide bonds. The van der Waals surface area contributed by atoms with Gasteiger partial charge in [0, 0.05) is 24.7 Å². The second-order valence-corrected chi connectivity index (χ2v) is 6.52. The van der Waals surface area contributed by atoms with Crippen molar-refractivity contribution in [1.82, 2.24) is 4.98 Å². The smallest absolute Gasteiger partial charge is 0.147 e. The van der Waals surface area contributed by atoms with Crippen LogP contribution in [0.4, 0.5) is 5.82 Å². The number of nitriles is 1. The quantitative estimate of drug-likeness (QED) is 0.822. The highest BCUT2D eigenvalue weighted by atomic mass is 35.5. The summed E-state index contributed by atoms with van der Waals surface area (Å²) in [5, 5.41) is 9.53. The Labute approximate surface area is 142 Å². The summed E-state index contributed by atoms with van der Waals surface area (Å²) >= 11 is 6.37. The third-order valence-electron chi connectivity index (χ3n) is 4.69. The van der Waals surface area contributed by atoms with Gasteiger partial charge in [-0.05, 0) is 31.4 Å². The lowest BCUT2D eigenvalue weighted by molar-refractivity contribution is 0.569. The van der Waals surface area contributed by atoms with Gasteiger partial charge in [-0.1, -0.05) is 48.4 Å². The average molecular weight is 326 g/mol. The van der Waals surface area contributed by atoms with E-state index in [1.165, 1.54) is 11.1 Å². The first-order valence-electron chi connectivity index (χ1n) is 8.03. The number of pyridine rings is 1. The van der Waals surface area contributed by atoms with Crippen LogP contribution < -0.4 is 4.90 Å². The monoisotopic (exact) mass is 325 g/mol. The summed E-state index contributed by atoms with van der Waals surface area (Å²) in [7, 11) is 0. The fourth-order valence-electron chi connectivity index (χ4n) is 3.53. The second-order valence-electron chi connectivity index (χ2n) is 6.12. The van der Waals surface area contributed by atoms with Crippen LogP contribution in [0.1, 0.15) is 42.4 Å². The SMILES string of the molecule is CC[C@@H]1[C@@H](c2ccc(C)cc2)CCN1c1ncc(C#N)cc1Cl. The Balaban J connectivity index is 1.90. The van der Waals surface area contributed by atoms with Gasteiger partial charge in [-0.15, -0.1) is 0 Å². The number of hydrogen-bond donors (Lipinski definition) is 0. The van der Waals surface area contributed by atoms with Gasteiger partial charge in [0.05, 0.1) is 10.6 Å². The van der Waals surface area contributed by atoms with Crippen molar-refractivity contribution < 1.29 is 0 Å². The van der Waals surface area contributed by atoms with Crippen LogP contribution in [-0.4, -0.2) is 17.6 Å². The van der Waals surface area contributed by atoms with E-state index in [1.807, 2.05) is 0 Å². The molecule has 1 aliphatic heterocycles. The summed E-state index contributed by atoms with van der Waals surface area (Å²) < 4.78 is 0. The topological polar surface area (TPSA) is 39.9 Å². The lowest BCUT2D eigenvalue weighted by Crippen LogP contribution is -2.32. The largest absolute Gasteiger partial charge is 0.352 e. The van der Waals surface area contributed by atoms with E-state index in [0.29, 0.717) is 22.5 Å². The predicted molar refractivity (Wildman–Crippen MR) is 93.9 cm³/mol. The van der Waals surface area contributed by atoms with Gasteiger partial charge in [0.15, 0.2) is 0 Å². The van der Waals surface area contributed by atoms with Crippen LogP contribution in [0.25, 0.3) is 0 Å². The number of nitrogens with zero attached hydrogens (tertiary/aromatic N) is 3. The van der Waals surface area contributed by atoms with E-state index >= 15 is 0 Å². The average Bonchev–Trinajstić information content (AvgIpc) is 2.99. The van der Waals surface area contributed by atoms with Crippen molar-refractivity contribution in [2.75, 3.05) is 11.4 Å². The van der Waals surface area contributed by atoms with Crippen LogP contribution >= 0.6 is 11.6 Å². The molecular weight excluding hydrogens is 306 g/mol. The molecule has 0 radical (unpaired) electrons. The molecule has 3 nitrogen and oxygen atoms in total. The zero-order valence-corrected chi connectivity index (χ0v) is 14.2. The van der Waals surface area contributed by atoms with Gasteiger partial charge in [-0.3, -0.25) is 0 Å². The van der Waals surface area contributed by atoms with Crippen molar-refractivity contribution in [3.8, 4) is 6.07 Å². The number of anilines is 1. The Morgan fingerprint density at radius 1 is 1.35 bits per heavy atom. The van der Waals surface area contributed by atoms with Gasteiger partial charge >= 0.3 is 0 Å². The van der Waals surface area contributed by atoms with Crippen molar-refractivity contribution in [3.63, 3.8) is 0 Å². The molecule has 0 aliphatic carbocycles. The minimum atomic E-state index is 0.385. The molecular formula is C19H20ClN3. The number of rotatable bonds is 3. The van der Waals surface area contributed by atoms with E-state index in [0.717, 1.165) is 25.2 Å². The Bertz CT molecular complexity index is 733. The highest BCUT2D eigenvalue weighted by Crippen LogP contribution is 2.39. The van der Waals surface area contributed by atoms with E-state index in [-0.39, 0.29) is 0 Å². The van der Waals surface area contributed by atoms with Crippen molar-refractivity contribution in [2.45, 2.75) is 38.6 Å². The molecule has 0 saturated carbocycles. The van der Waals surface area contributed by atoms with Crippen molar-refractivity contribution >= 4 is 17.4 Å². The first kappa shape index (κ1) is 15.8. The summed E-state index contributed by atoms with van der Waals surface area (Å²) in [4.78, 5) is 6.74. The fraction of sp³-hybridized carbons (Fsp3) is 0.368. The molecule has 118 valence electrons. The van der Waals surface area contributed by atoms with Crippen molar-refractivity contribution in [2.24, 2.45) is 0 Å². The summed E-state index contributed by atoms with van der Waals surface area (Å²) in [6.45, 7) is 5.26. The molecule has 1 aromatic heterocycles. The lowest BCUT2D eigenvalue weighted by atomic mass is 9.90. The number of aromatic nitrogens is 1. The molecule has 23 heavy (non-hydrogen) atoms. The summed E-state index contributed by atoms with van der Waals surface area (Å²) in [5.41, 5.74) is 3.17. The fourth-order valence-corrected chi connectivity index (χ4v) is 3.80. The van der Waals surface area contributed by atoms with Gasteiger partial charge in [-0.25, -0.2) is 4.98 Å². The Morgan fingerprint density at radius 2 is 2.09 bits per heavy atom. The van der Waals surface area contributed by atoms with Crippen LogP contribution in [-0.2, 0) is 0 Å². The minimum absolute atomic E-state index is 0.385. The molecule has 0 spiro atoms. The Hall–Kier alpha value is -2.05. The Kier molecular flexibility index (Phi) is 4.54. The van der Waals surface area contributed by atoms with Crippen molar-refractivity contribution in [1.29, 1.82) is 5.26 Å². The maximum absolute atomic E-state index is 8.97. The molecule has 3 rings (SSSR count). The summed E-state index contributed by atoms with van der Waals surface area (Å²) in [6.07, 6.45) is 3.74. The number of aryl methyl sites for hydroxylation is 1. The number of halogens is 1. The zero-order valence-electron chi connectivity index (χ0n) is 13.5. The molecule has 2 aromatic rings. The van der Waals surface area contributed by atoms with E-state index in [9.17, 15) is 0 Å². The number of hydrogen-bond acceptors (Lipinski definition) is 3. The molecule has 0 N–H and O–H groups in total. The lowest BCUT2D eigenvalue weighted by Gasteiger charge is -2.29. The van der Waals surface area contributed by atoms with Gasteiger partial charge in [0.1, 0.15) is 11.9 Å². The van der Waals surface area contributed by atoms with Crippen LogP contribution in [0.2, 0.25) is 5.02 Å². The minimum Gasteiger partial charge on any atom is -0.352 e. The molecule has 1 fully saturated rings. The second kappa shape index (κ2) is 6.60. The maximum Gasteiger partial charge on any atom is 0.147 e. The molecule has 2 atom stereocenters. The van der Waals surface area contributed by atoms with Gasteiger partial charge in [0.25, 0.3) is 0 Å². The van der Waals surface area contributed by atoms with E-state index in [4.69, 9.17) is 16.9 Å². The van der Waals surface area contributed by atoms with Crippen LogP contribution in [0, 0.1) is 18.3 Å². The highest BCUT2D eigenvalue weighted by molar-refractivity contribution is 6.33. The normalized spacial score (nSPS) is 20.5. The first-order chi connectivity index (χ1) is 11.1. The third-order valence-corrected chi connectivity index (χ3v) is 4.97. The van der Waals surface area contributed by atoms with Crippen LogP contribution in [0.15, 0.2) is 36.5 Å². The molecule has 4 heteroatoms. The van der Waals surface area contributed by atoms with Crippen LogP contribution in [0.5, 0.6) is 0 Å². The number of benzene rings is 1. The standard InChI is InChI=1S/C19H20ClN3/c1-3-18-16(15-6-4-13(2)5-7-15)8-9-23(18)19-17(20)10-14(11-21)12-22-19/h4-7,10,12,16,18H,3,8-9H2,1-2H3/t16-,18-/m1/s1. The molecule has 1 aromatic carbocycles. The van der Waals surface area contributed by atoms with Crippen molar-refractivity contribution in [3.05, 3.63) is 58.2 Å². The molecule has 0 unspecified atom stereocenters. The zero-order chi connectivity index (χ0) is 16.4. The summed E-state index contributed by atoms with van der Waals surface area (Å²) in [5.74, 6) is 1.29. The maximum atomic E-state index is 8.97. The van der Waals surface area contributed by atoms with Crippen LogP contribution in [0.3, 0.4) is 0 Å². The molecule has 2 heterocycles. The van der Waals surface area contributed by atoms with E-state index in [1.54, 1.807) is 12.3 Å².